The second-order valence-corrected chi connectivity index (χ2v) is 12.1. The van der Waals surface area contributed by atoms with Crippen LogP contribution in [-0.2, 0) is 16.5 Å². The number of nitrogens with zero attached hydrogens (tertiary/aromatic N) is 2. The Morgan fingerprint density at radius 1 is 0.857 bits per heavy atom. The van der Waals surface area contributed by atoms with Crippen LogP contribution >= 0.6 is 0 Å². The molecule has 7 heteroatoms. The lowest BCUT2D eigenvalue weighted by Crippen LogP contribution is -2.32. The highest BCUT2D eigenvalue weighted by Gasteiger charge is 2.30. The second-order valence-electron chi connectivity index (χ2n) is 10.5. The van der Waals surface area contributed by atoms with E-state index in [1.165, 1.54) is 50.7 Å². The molecule has 2 atom stereocenters. The SMILES string of the molecule is Cc1cc2cc(c1)OS(=O)(=O)c1ccc(cc1)N1CCN(CCCCC3CCCC(CC2)C3)C1=O. The topological polar surface area (TPSA) is 66.9 Å². The number of amides is 2. The average Bonchev–Trinajstić information content (AvgIpc) is 3.20. The van der Waals surface area contributed by atoms with Crippen molar-refractivity contribution >= 4 is 21.8 Å². The Bertz CT molecular complexity index is 1160. The minimum Gasteiger partial charge on any atom is -0.379 e. The molecule has 4 aliphatic rings. The normalized spacial score (nSPS) is 25.1. The Labute approximate surface area is 209 Å². The number of carbonyl (C=O) groups excluding carboxylic acids is 1. The number of anilines is 1. The molecule has 0 radical (unpaired) electrons. The number of aryl methyl sites for hydroxylation is 2. The first kappa shape index (κ1) is 24.2. The van der Waals surface area contributed by atoms with Gasteiger partial charge in [0.2, 0.25) is 0 Å². The molecule has 8 bridgehead atoms. The van der Waals surface area contributed by atoms with Crippen LogP contribution in [0.5, 0.6) is 5.75 Å². The van der Waals surface area contributed by atoms with Crippen molar-refractivity contribution in [3.05, 3.63) is 53.6 Å². The summed E-state index contributed by atoms with van der Waals surface area (Å²) in [5.41, 5.74) is 2.85. The molecule has 6 rings (SSSR count). The predicted octanol–water partition coefficient (Wildman–Crippen LogP) is 5.93. The van der Waals surface area contributed by atoms with E-state index >= 15 is 0 Å². The van der Waals surface area contributed by atoms with Gasteiger partial charge in [0, 0.05) is 25.3 Å². The van der Waals surface area contributed by atoms with E-state index < -0.39 is 10.1 Å². The summed E-state index contributed by atoms with van der Waals surface area (Å²) >= 11 is 0. The minimum absolute atomic E-state index is 0.00719. The van der Waals surface area contributed by atoms with Gasteiger partial charge in [-0.25, -0.2) is 4.79 Å². The molecule has 1 aliphatic carbocycles. The van der Waals surface area contributed by atoms with Gasteiger partial charge in [0.25, 0.3) is 0 Å². The van der Waals surface area contributed by atoms with Crippen molar-refractivity contribution in [1.82, 2.24) is 4.90 Å². The summed E-state index contributed by atoms with van der Waals surface area (Å²) in [4.78, 5) is 16.7. The van der Waals surface area contributed by atoms with Crippen LogP contribution in [0.1, 0.15) is 62.5 Å². The van der Waals surface area contributed by atoms with Crippen LogP contribution in [0.15, 0.2) is 47.4 Å². The zero-order valence-electron chi connectivity index (χ0n) is 20.6. The Morgan fingerprint density at radius 3 is 2.40 bits per heavy atom. The van der Waals surface area contributed by atoms with Crippen LogP contribution in [0.25, 0.3) is 0 Å². The van der Waals surface area contributed by atoms with E-state index in [1.54, 1.807) is 23.1 Å². The predicted molar refractivity (Wildman–Crippen MR) is 137 cm³/mol. The van der Waals surface area contributed by atoms with Crippen molar-refractivity contribution in [2.45, 2.75) is 69.6 Å². The van der Waals surface area contributed by atoms with Crippen LogP contribution in [-0.4, -0.2) is 39.0 Å². The van der Waals surface area contributed by atoms with Gasteiger partial charge in [0.15, 0.2) is 0 Å². The van der Waals surface area contributed by atoms with E-state index in [9.17, 15) is 13.2 Å². The number of rotatable bonds is 0. The summed E-state index contributed by atoms with van der Waals surface area (Å²) < 4.78 is 31.5. The number of carbonyl (C=O) groups is 1. The third-order valence-electron chi connectivity index (χ3n) is 7.87. The summed E-state index contributed by atoms with van der Waals surface area (Å²) in [6.07, 6.45) is 10.7. The fraction of sp³-hybridized carbons (Fsp3) is 0.536. The van der Waals surface area contributed by atoms with Crippen molar-refractivity contribution < 1.29 is 17.4 Å². The summed E-state index contributed by atoms with van der Waals surface area (Å²) in [6.45, 7) is 4.11. The first-order valence-electron chi connectivity index (χ1n) is 13.1. The van der Waals surface area contributed by atoms with Crippen LogP contribution in [0.2, 0.25) is 0 Å². The molecule has 0 spiro atoms. The molecule has 0 N–H and O–H groups in total. The van der Waals surface area contributed by atoms with Crippen LogP contribution in [0, 0.1) is 18.8 Å². The zero-order valence-corrected chi connectivity index (χ0v) is 21.4. The molecule has 0 aromatic heterocycles. The molecule has 2 unspecified atom stereocenters. The second kappa shape index (κ2) is 10.2. The first-order valence-corrected chi connectivity index (χ1v) is 14.5. The first-order chi connectivity index (χ1) is 16.9. The van der Waals surface area contributed by atoms with Crippen molar-refractivity contribution in [3.63, 3.8) is 0 Å². The van der Waals surface area contributed by atoms with E-state index in [-0.39, 0.29) is 10.9 Å². The maximum atomic E-state index is 13.0. The Hall–Kier alpha value is -2.54. The minimum atomic E-state index is -3.97. The summed E-state index contributed by atoms with van der Waals surface area (Å²) in [5, 5.41) is 0. The van der Waals surface area contributed by atoms with Crippen LogP contribution in [0.3, 0.4) is 0 Å². The molecular weight excluding hydrogens is 460 g/mol. The Morgan fingerprint density at radius 2 is 1.60 bits per heavy atom. The monoisotopic (exact) mass is 496 g/mol. The highest BCUT2D eigenvalue weighted by Crippen LogP contribution is 2.35. The molecule has 1 saturated heterocycles. The number of benzene rings is 2. The van der Waals surface area contributed by atoms with E-state index in [1.807, 2.05) is 17.9 Å². The lowest BCUT2D eigenvalue weighted by Gasteiger charge is -2.29. The van der Waals surface area contributed by atoms with Crippen molar-refractivity contribution in [2.24, 2.45) is 11.8 Å². The van der Waals surface area contributed by atoms with Gasteiger partial charge in [-0.3, -0.25) is 4.90 Å². The van der Waals surface area contributed by atoms with Gasteiger partial charge in [-0.1, -0.05) is 38.2 Å². The van der Waals surface area contributed by atoms with Crippen molar-refractivity contribution in [1.29, 1.82) is 0 Å². The lowest BCUT2D eigenvalue weighted by molar-refractivity contribution is 0.216. The fourth-order valence-corrected chi connectivity index (χ4v) is 6.96. The molecule has 2 aromatic carbocycles. The molecule has 35 heavy (non-hydrogen) atoms. The molecule has 2 amide bonds. The Kier molecular flexibility index (Phi) is 7.05. The average molecular weight is 497 g/mol. The molecular formula is C28H36N2O4S. The van der Waals surface area contributed by atoms with E-state index in [2.05, 4.69) is 6.07 Å². The number of hydrogen-bond donors (Lipinski definition) is 0. The Balaban J connectivity index is 1.41. The molecule has 2 aromatic rings. The summed E-state index contributed by atoms with van der Waals surface area (Å²) in [7, 11) is -3.97. The van der Waals surface area contributed by atoms with Gasteiger partial charge in [-0.05, 0) is 92.0 Å². The molecule has 1 saturated carbocycles. The van der Waals surface area contributed by atoms with Crippen molar-refractivity contribution in [2.75, 3.05) is 24.5 Å². The van der Waals surface area contributed by atoms with Gasteiger partial charge < -0.3 is 9.08 Å². The molecule has 3 heterocycles. The highest BCUT2D eigenvalue weighted by molar-refractivity contribution is 7.87. The summed E-state index contributed by atoms with van der Waals surface area (Å²) in [6, 6.07) is 12.2. The van der Waals surface area contributed by atoms with Gasteiger partial charge in [0.05, 0.1) is 0 Å². The van der Waals surface area contributed by atoms with E-state index in [0.29, 0.717) is 24.5 Å². The molecule has 3 aliphatic heterocycles. The van der Waals surface area contributed by atoms with E-state index in [0.717, 1.165) is 48.8 Å². The third kappa shape index (κ3) is 5.66. The highest BCUT2D eigenvalue weighted by atomic mass is 32.2. The van der Waals surface area contributed by atoms with Crippen LogP contribution < -0.4 is 9.08 Å². The fourth-order valence-electron chi connectivity index (χ4n) is 6.05. The van der Waals surface area contributed by atoms with Crippen molar-refractivity contribution in [3.8, 4) is 5.75 Å². The number of hydrogen-bond acceptors (Lipinski definition) is 4. The lowest BCUT2D eigenvalue weighted by atomic mass is 9.77. The zero-order chi connectivity index (χ0) is 24.4. The van der Waals surface area contributed by atoms with Gasteiger partial charge in [0.1, 0.15) is 10.6 Å². The molecule has 2 fully saturated rings. The maximum absolute atomic E-state index is 13.0. The number of urea groups is 1. The largest absolute Gasteiger partial charge is 0.379 e. The van der Waals surface area contributed by atoms with Gasteiger partial charge >= 0.3 is 16.1 Å². The quantitative estimate of drug-likeness (QED) is 0.424. The molecule has 188 valence electrons. The molecule has 6 nitrogen and oxygen atoms in total. The van der Waals surface area contributed by atoms with E-state index in [4.69, 9.17) is 4.18 Å². The van der Waals surface area contributed by atoms with Crippen LogP contribution in [0.4, 0.5) is 10.5 Å². The maximum Gasteiger partial charge on any atom is 0.339 e. The van der Waals surface area contributed by atoms with Gasteiger partial charge in [-0.2, -0.15) is 8.42 Å². The number of fused-ring (bicyclic) bond motifs is 7. The third-order valence-corrected chi connectivity index (χ3v) is 9.13. The van der Waals surface area contributed by atoms with Gasteiger partial charge in [-0.15, -0.1) is 0 Å². The smallest absolute Gasteiger partial charge is 0.339 e. The summed E-state index contributed by atoms with van der Waals surface area (Å²) in [5.74, 6) is 1.87. The standard InChI is InChI=1S/C28H36N2O4S/c1-21-17-24-9-8-23-7-4-6-22(19-23)5-2-3-14-29-15-16-30(28(29)31)25-10-12-27(13-11-25)35(32,33)34-26(18-21)20-24/h10-13,17-18,20,22-23H,2-9,14-16,19H2,1H3.